The maximum absolute atomic E-state index is 12.9. The summed E-state index contributed by atoms with van der Waals surface area (Å²) >= 11 is 0. The summed E-state index contributed by atoms with van der Waals surface area (Å²) < 4.78 is 26.4. The number of aromatic nitrogens is 2. The molecule has 2 heterocycles. The first-order valence-corrected chi connectivity index (χ1v) is 8.27. The molecule has 1 amide bonds. The van der Waals surface area contributed by atoms with E-state index in [4.69, 9.17) is 0 Å². The molecule has 1 aliphatic heterocycles. The number of carbonyl (C=O) groups is 1. The third-order valence-corrected chi connectivity index (χ3v) is 5.00. The number of fused-ring (bicyclic) bond motifs is 1. The summed E-state index contributed by atoms with van der Waals surface area (Å²) in [4.78, 5) is 14.8. The van der Waals surface area contributed by atoms with Gasteiger partial charge in [0.05, 0.1) is 0 Å². The normalized spacial score (nSPS) is 25.9. The minimum atomic E-state index is -2.50. The van der Waals surface area contributed by atoms with Crippen LogP contribution in [0.15, 0.2) is 12.3 Å². The highest BCUT2D eigenvalue weighted by Gasteiger charge is 2.35. The second kappa shape index (κ2) is 6.75. The lowest BCUT2D eigenvalue weighted by atomic mass is 9.81. The molecule has 0 aromatic carbocycles. The van der Waals surface area contributed by atoms with Gasteiger partial charge in [0.15, 0.2) is 0 Å². The van der Waals surface area contributed by atoms with Crippen LogP contribution >= 0.6 is 0 Å². The SMILES string of the molecule is O=C(c1ccnn1CC(F)F)N1CCCC[C@@H]2CCCC[C@H]21. The summed E-state index contributed by atoms with van der Waals surface area (Å²) in [6.45, 7) is 0.218. The molecule has 4 nitrogen and oxygen atoms in total. The Kier molecular flexibility index (Phi) is 4.74. The number of carbonyl (C=O) groups excluding carboxylic acids is 1. The Morgan fingerprint density at radius 2 is 1.95 bits per heavy atom. The molecule has 0 radical (unpaired) electrons. The highest BCUT2D eigenvalue weighted by atomic mass is 19.3. The maximum Gasteiger partial charge on any atom is 0.272 e. The molecule has 0 unspecified atom stereocenters. The fourth-order valence-electron chi connectivity index (χ4n) is 3.98. The number of halogens is 2. The number of rotatable bonds is 3. The zero-order valence-corrected chi connectivity index (χ0v) is 12.8. The molecule has 3 rings (SSSR count). The Morgan fingerprint density at radius 3 is 2.73 bits per heavy atom. The molecule has 122 valence electrons. The third-order valence-electron chi connectivity index (χ3n) is 5.00. The zero-order chi connectivity index (χ0) is 15.5. The van der Waals surface area contributed by atoms with Gasteiger partial charge in [0.1, 0.15) is 12.2 Å². The number of amides is 1. The van der Waals surface area contributed by atoms with E-state index in [1.807, 2.05) is 4.90 Å². The van der Waals surface area contributed by atoms with Crippen molar-refractivity contribution >= 4 is 5.91 Å². The second-order valence-corrected chi connectivity index (χ2v) is 6.40. The van der Waals surface area contributed by atoms with Crippen molar-refractivity contribution in [2.45, 2.75) is 64.0 Å². The molecule has 1 aromatic heterocycles. The molecule has 2 fully saturated rings. The van der Waals surface area contributed by atoms with Crippen molar-refractivity contribution in [2.75, 3.05) is 6.54 Å². The van der Waals surface area contributed by atoms with Gasteiger partial charge in [0, 0.05) is 18.8 Å². The van der Waals surface area contributed by atoms with Crippen LogP contribution in [0.1, 0.15) is 55.4 Å². The predicted molar refractivity (Wildman–Crippen MR) is 78.9 cm³/mol. The monoisotopic (exact) mass is 311 g/mol. The molecule has 1 aromatic rings. The van der Waals surface area contributed by atoms with Crippen LogP contribution in [-0.2, 0) is 6.54 Å². The Balaban J connectivity index is 1.82. The lowest BCUT2D eigenvalue weighted by Gasteiger charge is -2.38. The molecular formula is C16H23F2N3O. The lowest BCUT2D eigenvalue weighted by Crippen LogP contribution is -2.45. The molecule has 22 heavy (non-hydrogen) atoms. The van der Waals surface area contributed by atoms with Crippen molar-refractivity contribution in [3.8, 4) is 0 Å². The molecule has 0 bridgehead atoms. The Hall–Kier alpha value is -1.46. The lowest BCUT2D eigenvalue weighted by molar-refractivity contribution is 0.0547. The van der Waals surface area contributed by atoms with Crippen molar-refractivity contribution in [1.82, 2.24) is 14.7 Å². The number of nitrogens with zero attached hydrogens (tertiary/aromatic N) is 3. The number of alkyl halides is 2. The summed E-state index contributed by atoms with van der Waals surface area (Å²) in [6.07, 6.45) is 6.90. The van der Waals surface area contributed by atoms with Gasteiger partial charge in [0.2, 0.25) is 0 Å². The van der Waals surface area contributed by atoms with Crippen LogP contribution in [0.5, 0.6) is 0 Å². The van der Waals surface area contributed by atoms with E-state index in [-0.39, 0.29) is 11.9 Å². The van der Waals surface area contributed by atoms with Crippen LogP contribution in [0.2, 0.25) is 0 Å². The fraction of sp³-hybridized carbons (Fsp3) is 0.750. The molecule has 1 aliphatic carbocycles. The topological polar surface area (TPSA) is 38.1 Å². The number of likely N-dealkylation sites (tertiary alicyclic amines) is 1. The van der Waals surface area contributed by atoms with Gasteiger partial charge in [-0.25, -0.2) is 8.78 Å². The molecule has 2 aliphatic rings. The van der Waals surface area contributed by atoms with E-state index in [0.29, 0.717) is 11.6 Å². The maximum atomic E-state index is 12.9. The number of hydrogen-bond donors (Lipinski definition) is 0. The van der Waals surface area contributed by atoms with Crippen molar-refractivity contribution in [1.29, 1.82) is 0 Å². The first kappa shape index (κ1) is 15.4. The van der Waals surface area contributed by atoms with E-state index in [1.54, 1.807) is 6.07 Å². The van der Waals surface area contributed by atoms with Crippen LogP contribution in [0.4, 0.5) is 8.78 Å². The van der Waals surface area contributed by atoms with Gasteiger partial charge in [0.25, 0.3) is 12.3 Å². The molecule has 2 atom stereocenters. The van der Waals surface area contributed by atoms with E-state index >= 15 is 0 Å². The van der Waals surface area contributed by atoms with Crippen molar-refractivity contribution in [2.24, 2.45) is 5.92 Å². The van der Waals surface area contributed by atoms with E-state index in [9.17, 15) is 13.6 Å². The zero-order valence-electron chi connectivity index (χ0n) is 12.8. The molecular weight excluding hydrogens is 288 g/mol. The molecule has 6 heteroatoms. The standard InChI is InChI=1S/C16H23F2N3O/c17-15(18)11-21-14(8-9-19-21)16(22)20-10-4-3-6-12-5-1-2-7-13(12)20/h8-9,12-13,15H,1-7,10-11H2/t12-,13+/m0/s1. The average Bonchev–Trinajstić information content (AvgIpc) is 2.83. The predicted octanol–water partition coefficient (Wildman–Crippen LogP) is 3.33. The summed E-state index contributed by atoms with van der Waals surface area (Å²) in [5, 5.41) is 3.89. The highest BCUT2D eigenvalue weighted by molar-refractivity contribution is 5.92. The summed E-state index contributed by atoms with van der Waals surface area (Å²) in [6, 6.07) is 1.84. The van der Waals surface area contributed by atoms with Crippen LogP contribution < -0.4 is 0 Å². The van der Waals surface area contributed by atoms with E-state index in [2.05, 4.69) is 5.10 Å². The largest absolute Gasteiger partial charge is 0.334 e. The third kappa shape index (κ3) is 3.15. The summed E-state index contributed by atoms with van der Waals surface area (Å²) in [7, 11) is 0. The molecule has 1 saturated heterocycles. The average molecular weight is 311 g/mol. The fourth-order valence-corrected chi connectivity index (χ4v) is 3.98. The van der Waals surface area contributed by atoms with E-state index < -0.39 is 13.0 Å². The second-order valence-electron chi connectivity index (χ2n) is 6.40. The van der Waals surface area contributed by atoms with Gasteiger partial charge in [-0.1, -0.05) is 19.3 Å². The first-order valence-electron chi connectivity index (χ1n) is 8.27. The van der Waals surface area contributed by atoms with Gasteiger partial charge in [-0.15, -0.1) is 0 Å². The van der Waals surface area contributed by atoms with Gasteiger partial charge < -0.3 is 4.90 Å². The quantitative estimate of drug-likeness (QED) is 0.859. The van der Waals surface area contributed by atoms with Crippen molar-refractivity contribution in [3.63, 3.8) is 0 Å². The molecule has 1 saturated carbocycles. The van der Waals surface area contributed by atoms with Gasteiger partial charge in [-0.3, -0.25) is 9.48 Å². The Labute approximate surface area is 129 Å². The first-order chi connectivity index (χ1) is 10.7. The van der Waals surface area contributed by atoms with Crippen molar-refractivity contribution in [3.05, 3.63) is 18.0 Å². The van der Waals surface area contributed by atoms with Crippen LogP contribution in [0.3, 0.4) is 0 Å². The highest BCUT2D eigenvalue weighted by Crippen LogP contribution is 2.35. The van der Waals surface area contributed by atoms with Crippen LogP contribution in [0.25, 0.3) is 0 Å². The van der Waals surface area contributed by atoms with Gasteiger partial charge in [-0.05, 0) is 37.7 Å². The number of hydrogen-bond acceptors (Lipinski definition) is 2. The summed E-state index contributed by atoms with van der Waals surface area (Å²) in [5.41, 5.74) is 0.298. The molecule has 0 N–H and O–H groups in total. The van der Waals surface area contributed by atoms with Gasteiger partial charge >= 0.3 is 0 Å². The van der Waals surface area contributed by atoms with Crippen LogP contribution in [0, 0.1) is 5.92 Å². The minimum Gasteiger partial charge on any atom is -0.334 e. The minimum absolute atomic E-state index is 0.128. The smallest absolute Gasteiger partial charge is 0.272 e. The van der Waals surface area contributed by atoms with Crippen LogP contribution in [-0.4, -0.2) is 39.6 Å². The van der Waals surface area contributed by atoms with E-state index in [0.717, 1.165) is 36.9 Å². The van der Waals surface area contributed by atoms with Gasteiger partial charge in [-0.2, -0.15) is 5.10 Å². The van der Waals surface area contributed by atoms with Crippen molar-refractivity contribution < 1.29 is 13.6 Å². The summed E-state index contributed by atoms with van der Waals surface area (Å²) in [5.74, 6) is 0.448. The Morgan fingerprint density at radius 1 is 1.23 bits per heavy atom. The van der Waals surface area contributed by atoms with E-state index in [1.165, 1.54) is 25.5 Å². The molecule has 0 spiro atoms. The Bertz CT molecular complexity index is 517.